The zero-order valence-corrected chi connectivity index (χ0v) is 17.5. The molecule has 0 saturated carbocycles. The highest BCUT2D eigenvalue weighted by atomic mass is 16.4. The van der Waals surface area contributed by atoms with Crippen molar-refractivity contribution in [1.29, 1.82) is 0 Å². The second-order valence-electron chi connectivity index (χ2n) is 9.10. The minimum Gasteiger partial charge on any atom is -0.465 e. The van der Waals surface area contributed by atoms with Crippen molar-refractivity contribution in [3.63, 3.8) is 0 Å². The maximum atomic E-state index is 12.2. The third-order valence-corrected chi connectivity index (χ3v) is 6.12. The van der Waals surface area contributed by atoms with E-state index in [4.69, 9.17) is 5.73 Å². The molecule has 0 aliphatic carbocycles. The topological polar surface area (TPSA) is 99.4 Å². The van der Waals surface area contributed by atoms with Crippen LogP contribution in [0.3, 0.4) is 0 Å². The number of aromatic nitrogens is 1. The van der Waals surface area contributed by atoms with Crippen LogP contribution in [0, 0.1) is 5.41 Å². The number of amides is 2. The van der Waals surface area contributed by atoms with Crippen molar-refractivity contribution in [3.05, 3.63) is 59.8 Å². The standard InChI is InChI=1S/C24H27N3O3/c1-24(2,3)21-16(9-10-27(21)23(29)30)19-13-26-20-17(19)11-15(12-18(20)22(25)28)14-7-5-4-6-8-14/h4-8,11-13,16,21,26H,9-10H2,1-3H3,(H2,25,28)(H,29,30). The van der Waals surface area contributed by atoms with Gasteiger partial charge in [-0.05, 0) is 40.7 Å². The van der Waals surface area contributed by atoms with E-state index in [0.29, 0.717) is 17.6 Å². The number of rotatable bonds is 3. The monoisotopic (exact) mass is 405 g/mol. The van der Waals surface area contributed by atoms with Crippen LogP contribution in [-0.4, -0.2) is 39.6 Å². The minimum atomic E-state index is -0.889. The summed E-state index contributed by atoms with van der Waals surface area (Å²) in [6, 6.07) is 13.6. The smallest absolute Gasteiger partial charge is 0.407 e. The molecule has 2 atom stereocenters. The molecule has 6 nitrogen and oxygen atoms in total. The molecule has 1 aliphatic heterocycles. The molecule has 2 amide bonds. The molecule has 6 heteroatoms. The maximum absolute atomic E-state index is 12.2. The van der Waals surface area contributed by atoms with Crippen molar-refractivity contribution in [1.82, 2.24) is 9.88 Å². The maximum Gasteiger partial charge on any atom is 0.407 e. The number of H-pyrrole nitrogens is 1. The number of carbonyl (C=O) groups is 2. The quantitative estimate of drug-likeness (QED) is 0.583. The summed E-state index contributed by atoms with van der Waals surface area (Å²) in [6.07, 6.45) is 1.77. The van der Waals surface area contributed by atoms with Gasteiger partial charge in [-0.15, -0.1) is 0 Å². The predicted molar refractivity (Wildman–Crippen MR) is 118 cm³/mol. The first-order chi connectivity index (χ1) is 14.2. The van der Waals surface area contributed by atoms with Crippen molar-refractivity contribution in [2.24, 2.45) is 11.1 Å². The Hall–Kier alpha value is -3.28. The fraction of sp³-hybridized carbons (Fsp3) is 0.333. The first-order valence-corrected chi connectivity index (χ1v) is 10.2. The number of hydrogen-bond acceptors (Lipinski definition) is 2. The third-order valence-electron chi connectivity index (χ3n) is 6.12. The van der Waals surface area contributed by atoms with Gasteiger partial charge in [0, 0.05) is 30.1 Å². The van der Waals surface area contributed by atoms with Gasteiger partial charge in [0.15, 0.2) is 0 Å². The van der Waals surface area contributed by atoms with E-state index in [1.54, 1.807) is 4.90 Å². The van der Waals surface area contributed by atoms with E-state index in [-0.39, 0.29) is 17.4 Å². The van der Waals surface area contributed by atoms with Crippen LogP contribution in [0.5, 0.6) is 0 Å². The Balaban J connectivity index is 1.91. The van der Waals surface area contributed by atoms with Gasteiger partial charge < -0.3 is 20.7 Å². The van der Waals surface area contributed by atoms with Gasteiger partial charge in [0.1, 0.15) is 0 Å². The summed E-state index contributed by atoms with van der Waals surface area (Å²) in [7, 11) is 0. The Morgan fingerprint density at radius 2 is 1.83 bits per heavy atom. The highest BCUT2D eigenvalue weighted by Crippen LogP contribution is 2.45. The summed E-state index contributed by atoms with van der Waals surface area (Å²) in [4.78, 5) is 28.9. The third kappa shape index (κ3) is 3.32. The number of fused-ring (bicyclic) bond motifs is 1. The Labute approximate surface area is 175 Å². The summed E-state index contributed by atoms with van der Waals surface area (Å²) < 4.78 is 0. The van der Waals surface area contributed by atoms with E-state index in [1.807, 2.05) is 42.6 Å². The second kappa shape index (κ2) is 7.20. The molecule has 0 radical (unpaired) electrons. The van der Waals surface area contributed by atoms with Gasteiger partial charge in [0.05, 0.1) is 11.1 Å². The number of carbonyl (C=O) groups excluding carboxylic acids is 1. The van der Waals surface area contributed by atoms with Crippen LogP contribution in [0.25, 0.3) is 22.0 Å². The molecule has 4 rings (SSSR count). The lowest BCUT2D eigenvalue weighted by Gasteiger charge is -2.37. The van der Waals surface area contributed by atoms with Crippen molar-refractivity contribution in [2.45, 2.75) is 39.2 Å². The summed E-state index contributed by atoms with van der Waals surface area (Å²) in [5, 5.41) is 10.7. The summed E-state index contributed by atoms with van der Waals surface area (Å²) in [5.74, 6) is -0.460. The van der Waals surface area contributed by atoms with Crippen LogP contribution >= 0.6 is 0 Å². The molecule has 1 fully saturated rings. The number of benzene rings is 2. The molecule has 1 aromatic heterocycles. The van der Waals surface area contributed by atoms with Crippen molar-refractivity contribution in [3.8, 4) is 11.1 Å². The molecule has 156 valence electrons. The number of carboxylic acid groups (broad SMARTS) is 1. The number of primary amides is 1. The zero-order chi connectivity index (χ0) is 21.6. The van der Waals surface area contributed by atoms with Crippen molar-refractivity contribution in [2.75, 3.05) is 6.54 Å². The van der Waals surface area contributed by atoms with Gasteiger partial charge in [-0.2, -0.15) is 0 Å². The summed E-state index contributed by atoms with van der Waals surface area (Å²) in [6.45, 7) is 6.72. The lowest BCUT2D eigenvalue weighted by atomic mass is 9.76. The molecule has 2 heterocycles. The van der Waals surface area contributed by atoms with Gasteiger partial charge in [-0.25, -0.2) is 4.79 Å². The Bertz CT molecular complexity index is 1110. The number of hydrogen-bond donors (Lipinski definition) is 3. The molecular weight excluding hydrogens is 378 g/mol. The fourth-order valence-corrected chi connectivity index (χ4v) is 4.95. The Kier molecular flexibility index (Phi) is 4.80. The molecule has 1 aliphatic rings. The largest absolute Gasteiger partial charge is 0.465 e. The van der Waals surface area contributed by atoms with Gasteiger partial charge in [0.25, 0.3) is 5.91 Å². The molecule has 0 bridgehead atoms. The molecule has 2 aromatic carbocycles. The summed E-state index contributed by atoms with van der Waals surface area (Å²) in [5.41, 5.74) is 9.57. The molecule has 30 heavy (non-hydrogen) atoms. The average molecular weight is 405 g/mol. The number of nitrogens with one attached hydrogen (secondary N) is 1. The van der Waals surface area contributed by atoms with Crippen LogP contribution in [-0.2, 0) is 0 Å². The van der Waals surface area contributed by atoms with Crippen LogP contribution in [0.2, 0.25) is 0 Å². The normalized spacial score (nSPS) is 19.4. The first-order valence-electron chi connectivity index (χ1n) is 10.2. The minimum absolute atomic E-state index is 0.0293. The number of nitrogens with two attached hydrogens (primary N) is 1. The van der Waals surface area contributed by atoms with Gasteiger partial charge >= 0.3 is 6.09 Å². The van der Waals surface area contributed by atoms with Gasteiger partial charge in [-0.1, -0.05) is 51.1 Å². The van der Waals surface area contributed by atoms with E-state index >= 15 is 0 Å². The molecule has 0 spiro atoms. The predicted octanol–water partition coefficient (Wildman–Crippen LogP) is 4.82. The van der Waals surface area contributed by atoms with Crippen molar-refractivity contribution >= 4 is 22.9 Å². The molecule has 2 unspecified atom stereocenters. The van der Waals surface area contributed by atoms with Crippen LogP contribution in [0.1, 0.15) is 49.0 Å². The molecular formula is C24H27N3O3. The number of likely N-dealkylation sites (tertiary alicyclic amines) is 1. The van der Waals surface area contributed by atoms with E-state index in [1.165, 1.54) is 0 Å². The van der Waals surface area contributed by atoms with Crippen LogP contribution in [0.4, 0.5) is 4.79 Å². The highest BCUT2D eigenvalue weighted by Gasteiger charge is 2.45. The molecule has 1 saturated heterocycles. The first kappa shape index (κ1) is 20.0. The second-order valence-corrected chi connectivity index (χ2v) is 9.10. The van der Waals surface area contributed by atoms with E-state index in [9.17, 15) is 14.7 Å². The van der Waals surface area contributed by atoms with E-state index in [2.05, 4.69) is 31.8 Å². The molecule has 4 N–H and O–H groups in total. The SMILES string of the molecule is CC(C)(C)C1C(c2c[nH]c3c(C(N)=O)cc(-c4ccccc4)cc23)CCN1C(=O)O. The number of aromatic amines is 1. The number of nitrogens with zero attached hydrogens (tertiary/aromatic N) is 1. The van der Waals surface area contributed by atoms with Crippen LogP contribution < -0.4 is 5.73 Å². The van der Waals surface area contributed by atoms with Crippen LogP contribution in [0.15, 0.2) is 48.7 Å². The summed E-state index contributed by atoms with van der Waals surface area (Å²) >= 11 is 0. The lowest BCUT2D eigenvalue weighted by molar-refractivity contribution is 0.0999. The van der Waals surface area contributed by atoms with E-state index < -0.39 is 12.0 Å². The fourth-order valence-electron chi connectivity index (χ4n) is 4.95. The van der Waals surface area contributed by atoms with Gasteiger partial charge in [0.2, 0.25) is 0 Å². The van der Waals surface area contributed by atoms with Gasteiger partial charge in [-0.3, -0.25) is 4.79 Å². The van der Waals surface area contributed by atoms with E-state index in [0.717, 1.165) is 28.5 Å². The van der Waals surface area contributed by atoms with Crippen molar-refractivity contribution < 1.29 is 14.7 Å². The Morgan fingerprint density at radius 1 is 1.13 bits per heavy atom. The average Bonchev–Trinajstić information content (AvgIpc) is 3.31. The Morgan fingerprint density at radius 3 is 2.43 bits per heavy atom. The highest BCUT2D eigenvalue weighted by molar-refractivity contribution is 6.07. The zero-order valence-electron chi connectivity index (χ0n) is 17.5. The molecule has 3 aromatic rings. The lowest BCUT2D eigenvalue weighted by Crippen LogP contribution is -2.44.